The average Bonchev–Trinajstić information content (AvgIpc) is 3.03. The molecule has 4 fully saturated rings. The molecule has 4 heterocycles. The van der Waals surface area contributed by atoms with Gasteiger partial charge < -0.3 is 105 Å². The van der Waals surface area contributed by atoms with E-state index in [1.807, 2.05) is 0 Å². The molecule has 21 nitrogen and oxygen atoms in total. The minimum absolute atomic E-state index is 0.726. The molecule has 0 aromatic heterocycles. The van der Waals surface area contributed by atoms with Crippen molar-refractivity contribution in [3.05, 3.63) is 0 Å². The predicted octanol–water partition coefficient (Wildman–Crippen LogP) is -9.78. The first kappa shape index (κ1) is 37.0. The molecule has 0 spiro atoms. The Kier molecular flexibility index (Phi) is 12.8. The van der Waals surface area contributed by atoms with Crippen LogP contribution in [0.2, 0.25) is 0 Å². The molecule has 20 atom stereocenters. The summed E-state index contributed by atoms with van der Waals surface area (Å²) in [7, 11) is 0. The molecule has 0 aromatic carbocycles. The lowest BCUT2D eigenvalue weighted by molar-refractivity contribution is -0.376. The van der Waals surface area contributed by atoms with Crippen molar-refractivity contribution in [2.75, 3.05) is 26.4 Å². The van der Waals surface area contributed by atoms with E-state index in [4.69, 9.17) is 38.9 Å². The van der Waals surface area contributed by atoms with Crippen LogP contribution in [0.1, 0.15) is 0 Å². The van der Waals surface area contributed by atoms with Crippen LogP contribution >= 0.6 is 0 Å². The highest BCUT2D eigenvalue weighted by Crippen LogP contribution is 2.32. The zero-order chi connectivity index (χ0) is 33.3. The number of hydrogen-bond acceptors (Lipinski definition) is 21. The molecule has 0 aliphatic carbocycles. The highest BCUT2D eigenvalue weighted by atomic mass is 16.8. The van der Waals surface area contributed by atoms with E-state index in [0.29, 0.717) is 0 Å². The Labute approximate surface area is 255 Å². The van der Waals surface area contributed by atoms with E-state index in [-0.39, 0.29) is 0 Å². The molecular weight excluding hydrogens is 622 g/mol. The van der Waals surface area contributed by atoms with Gasteiger partial charge in [0, 0.05) is 0 Å². The van der Waals surface area contributed by atoms with Gasteiger partial charge in [-0.2, -0.15) is 0 Å². The summed E-state index contributed by atoms with van der Waals surface area (Å²) < 4.78 is 38.2. The van der Waals surface area contributed by atoms with Crippen molar-refractivity contribution in [3.63, 3.8) is 0 Å². The van der Waals surface area contributed by atoms with Crippen molar-refractivity contribution in [1.29, 1.82) is 0 Å². The van der Waals surface area contributed by atoms with E-state index in [1.54, 1.807) is 0 Å². The van der Waals surface area contributed by atoms with Gasteiger partial charge in [-0.25, -0.2) is 0 Å². The normalized spacial score (nSPS) is 52.9. The van der Waals surface area contributed by atoms with Crippen LogP contribution < -0.4 is 5.73 Å². The summed E-state index contributed by atoms with van der Waals surface area (Å²) in [6.45, 7) is -3.10. The topological polar surface area (TPSA) is 354 Å². The lowest BCUT2D eigenvalue weighted by Crippen LogP contribution is -2.66. The van der Waals surface area contributed by atoms with Gasteiger partial charge in [0.05, 0.1) is 32.5 Å². The maximum atomic E-state index is 10.8. The summed E-state index contributed by atoms with van der Waals surface area (Å²) in [6.07, 6.45) is -32.5. The van der Waals surface area contributed by atoms with Crippen molar-refractivity contribution >= 4 is 0 Å². The molecule has 0 saturated carbocycles. The Morgan fingerprint density at radius 1 is 0.444 bits per heavy atom. The van der Waals surface area contributed by atoms with Crippen LogP contribution in [0, 0.1) is 0 Å². The second-order valence-electron chi connectivity index (χ2n) is 11.3. The van der Waals surface area contributed by atoms with E-state index in [9.17, 15) is 66.4 Å². The molecule has 0 bridgehead atoms. The minimum atomic E-state index is -1.93. The van der Waals surface area contributed by atoms with Crippen LogP contribution in [0.5, 0.6) is 0 Å². The van der Waals surface area contributed by atoms with Gasteiger partial charge in [-0.15, -0.1) is 0 Å². The Morgan fingerprint density at radius 3 is 1.42 bits per heavy atom. The molecule has 4 aliphatic rings. The Balaban J connectivity index is 1.48. The molecule has 15 N–H and O–H groups in total. The number of nitrogens with two attached hydrogens (primary N) is 1. The smallest absolute Gasteiger partial charge is 0.187 e. The number of rotatable bonds is 10. The summed E-state index contributed by atoms with van der Waals surface area (Å²) in [5.41, 5.74) is 5.69. The largest absolute Gasteiger partial charge is 0.394 e. The number of hydrogen-bond donors (Lipinski definition) is 14. The summed E-state index contributed by atoms with van der Waals surface area (Å²) >= 11 is 0. The van der Waals surface area contributed by atoms with E-state index < -0.39 is 149 Å². The standard InChI is InChI=1S/C24H43NO20/c25-9-13(32)19(7(3-28)40-21(9)38)44-23-18(37)15(34)12(31)8(43-23)4-39-24-20(16(35)11(30)6(2-27)42-24)45-22-17(36)14(33)10(29)5(1-26)41-22/h5-24,26-38H,1-4,25H2/t5-,6-,7-,8-,9-,10-,11-,12-,13-,14+,15+,16+,17+,18+,19-,20+,21?,22-,23-,24+/m1/s1. The molecule has 21 heteroatoms. The SMILES string of the molecule is N[C@H]1C(O)O[C@H](CO)[C@@H](O[C@H]2O[C@H](CO[C@H]3O[C@H](CO)[C@@H](O)[C@H](O)[C@@H]3O[C@H]3O[C@H](CO)[C@@H](O)[C@H](O)[C@@H]3O)[C@@H](O)[C@H](O)[C@@H]2O)[C@@H]1O. The van der Waals surface area contributed by atoms with Gasteiger partial charge >= 0.3 is 0 Å². The highest BCUT2D eigenvalue weighted by Gasteiger charge is 2.53. The Morgan fingerprint density at radius 2 is 0.889 bits per heavy atom. The Bertz CT molecular complexity index is 920. The van der Waals surface area contributed by atoms with E-state index >= 15 is 0 Å². The fraction of sp³-hybridized carbons (Fsp3) is 1.00. The minimum Gasteiger partial charge on any atom is -0.394 e. The first-order chi connectivity index (χ1) is 21.2. The van der Waals surface area contributed by atoms with Gasteiger partial charge in [-0.3, -0.25) is 0 Å². The van der Waals surface area contributed by atoms with Gasteiger partial charge in [0.25, 0.3) is 0 Å². The molecule has 0 aromatic rings. The predicted molar refractivity (Wildman–Crippen MR) is 136 cm³/mol. The van der Waals surface area contributed by atoms with Crippen molar-refractivity contribution in [2.24, 2.45) is 5.73 Å². The third-order valence-electron chi connectivity index (χ3n) is 8.27. The second kappa shape index (κ2) is 15.6. The molecule has 4 rings (SSSR count). The third-order valence-corrected chi connectivity index (χ3v) is 8.27. The van der Waals surface area contributed by atoms with Crippen molar-refractivity contribution < 1.29 is 99.5 Å². The first-order valence-electron chi connectivity index (χ1n) is 14.2. The van der Waals surface area contributed by atoms with Crippen molar-refractivity contribution in [2.45, 2.75) is 123 Å². The van der Waals surface area contributed by atoms with Crippen LogP contribution in [0.4, 0.5) is 0 Å². The Hall–Kier alpha value is -0.840. The van der Waals surface area contributed by atoms with Crippen LogP contribution in [-0.2, 0) is 33.2 Å². The molecule has 45 heavy (non-hydrogen) atoms. The summed E-state index contributed by atoms with van der Waals surface area (Å²) in [5.74, 6) is 0. The van der Waals surface area contributed by atoms with E-state index in [1.165, 1.54) is 0 Å². The van der Waals surface area contributed by atoms with Gasteiger partial charge in [0.2, 0.25) is 0 Å². The quantitative estimate of drug-likeness (QED) is 0.103. The zero-order valence-electron chi connectivity index (χ0n) is 23.6. The summed E-state index contributed by atoms with van der Waals surface area (Å²) in [4.78, 5) is 0. The molecular formula is C24H43NO20. The maximum absolute atomic E-state index is 10.8. The monoisotopic (exact) mass is 665 g/mol. The lowest BCUT2D eigenvalue weighted by Gasteiger charge is -2.47. The lowest BCUT2D eigenvalue weighted by atomic mass is 9.96. The molecule has 4 saturated heterocycles. The maximum Gasteiger partial charge on any atom is 0.187 e. The zero-order valence-corrected chi connectivity index (χ0v) is 23.6. The molecule has 0 radical (unpaired) electrons. The molecule has 264 valence electrons. The van der Waals surface area contributed by atoms with E-state index in [2.05, 4.69) is 0 Å². The van der Waals surface area contributed by atoms with Crippen molar-refractivity contribution in [1.82, 2.24) is 0 Å². The first-order valence-corrected chi connectivity index (χ1v) is 14.2. The fourth-order valence-electron chi connectivity index (χ4n) is 5.45. The third kappa shape index (κ3) is 7.59. The van der Waals surface area contributed by atoms with E-state index in [0.717, 1.165) is 0 Å². The van der Waals surface area contributed by atoms with Crippen LogP contribution in [0.25, 0.3) is 0 Å². The number of aliphatic hydroxyl groups is 13. The summed E-state index contributed by atoms with van der Waals surface area (Å²) in [5, 5.41) is 132. The molecule has 0 amide bonds. The summed E-state index contributed by atoms with van der Waals surface area (Å²) in [6, 6.07) is -1.39. The number of aliphatic hydroxyl groups excluding tert-OH is 13. The van der Waals surface area contributed by atoms with Gasteiger partial charge in [0.1, 0.15) is 91.6 Å². The molecule has 1 unspecified atom stereocenters. The van der Waals surface area contributed by atoms with Gasteiger partial charge in [-0.1, -0.05) is 0 Å². The van der Waals surface area contributed by atoms with Gasteiger partial charge in [-0.05, 0) is 0 Å². The average molecular weight is 666 g/mol. The van der Waals surface area contributed by atoms with Crippen LogP contribution in [-0.4, -0.2) is 216 Å². The van der Waals surface area contributed by atoms with Crippen LogP contribution in [0.3, 0.4) is 0 Å². The highest BCUT2D eigenvalue weighted by molar-refractivity contribution is 4.96. The van der Waals surface area contributed by atoms with Crippen molar-refractivity contribution in [3.8, 4) is 0 Å². The van der Waals surface area contributed by atoms with Gasteiger partial charge in [0.15, 0.2) is 25.2 Å². The second-order valence-corrected chi connectivity index (χ2v) is 11.3. The molecule has 4 aliphatic heterocycles. The van der Waals surface area contributed by atoms with Crippen LogP contribution in [0.15, 0.2) is 0 Å². The number of ether oxygens (including phenoxy) is 7. The fourth-order valence-corrected chi connectivity index (χ4v) is 5.45.